The van der Waals surface area contributed by atoms with Gasteiger partial charge in [-0.15, -0.1) is 0 Å². The van der Waals surface area contributed by atoms with E-state index in [4.69, 9.17) is 4.74 Å². The van der Waals surface area contributed by atoms with Crippen LogP contribution in [0.1, 0.15) is 61.3 Å². The lowest BCUT2D eigenvalue weighted by atomic mass is 10.0. The smallest absolute Gasteiger partial charge is 0.243 e. The molecule has 0 heterocycles. The van der Waals surface area contributed by atoms with Gasteiger partial charge in [-0.3, -0.25) is 9.59 Å². The first kappa shape index (κ1) is 23.8. The van der Waals surface area contributed by atoms with Gasteiger partial charge in [0.05, 0.1) is 13.5 Å². The van der Waals surface area contributed by atoms with Crippen LogP contribution in [-0.2, 0) is 22.6 Å². The summed E-state index contributed by atoms with van der Waals surface area (Å²) in [6.07, 6.45) is 5.23. The Bertz CT molecular complexity index is 917. The van der Waals surface area contributed by atoms with Gasteiger partial charge in [-0.25, -0.2) is 0 Å². The average molecular weight is 437 g/mol. The van der Waals surface area contributed by atoms with Crippen LogP contribution in [0.15, 0.2) is 42.5 Å². The van der Waals surface area contributed by atoms with Crippen LogP contribution >= 0.6 is 0 Å². The van der Waals surface area contributed by atoms with Crippen LogP contribution in [0.2, 0.25) is 0 Å². The Morgan fingerprint density at radius 2 is 1.78 bits per heavy atom. The minimum atomic E-state index is -0.490. The van der Waals surface area contributed by atoms with Gasteiger partial charge in [-0.1, -0.05) is 55.7 Å². The molecule has 0 radical (unpaired) electrons. The number of hydrogen-bond donors (Lipinski definition) is 1. The number of nitrogens with zero attached hydrogens (tertiary/aromatic N) is 1. The van der Waals surface area contributed by atoms with Crippen LogP contribution in [0, 0.1) is 13.8 Å². The topological polar surface area (TPSA) is 58.6 Å². The summed E-state index contributed by atoms with van der Waals surface area (Å²) in [5, 5.41) is 3.20. The molecule has 2 aromatic carbocycles. The standard InChI is InChI=1S/C27H36N2O3/c1-5-25(27(31)28-23-8-6-7-9-23)29(18-21-12-14-24(32-4)15-13-21)26(30)17-22-16-19(2)10-11-20(22)3/h10-16,23,25H,5-9,17-18H2,1-4H3,(H,28,31)/t25-/m1/s1. The van der Waals surface area contributed by atoms with Crippen molar-refractivity contribution in [2.24, 2.45) is 0 Å². The molecule has 1 aliphatic carbocycles. The summed E-state index contributed by atoms with van der Waals surface area (Å²) in [5.74, 6) is 0.707. The molecule has 32 heavy (non-hydrogen) atoms. The number of rotatable bonds is 9. The minimum absolute atomic E-state index is 0.0251. The largest absolute Gasteiger partial charge is 0.497 e. The van der Waals surface area contributed by atoms with E-state index < -0.39 is 6.04 Å². The monoisotopic (exact) mass is 436 g/mol. The molecule has 172 valence electrons. The van der Waals surface area contributed by atoms with Crippen LogP contribution in [0.5, 0.6) is 5.75 Å². The van der Waals surface area contributed by atoms with Gasteiger partial charge in [0, 0.05) is 12.6 Å². The number of hydrogen-bond acceptors (Lipinski definition) is 3. The molecule has 0 saturated heterocycles. The van der Waals surface area contributed by atoms with E-state index in [2.05, 4.69) is 23.5 Å². The minimum Gasteiger partial charge on any atom is -0.497 e. The zero-order chi connectivity index (χ0) is 23.1. The quantitative estimate of drug-likeness (QED) is 0.619. The second kappa shape index (κ2) is 11.2. The van der Waals surface area contributed by atoms with Gasteiger partial charge in [0.2, 0.25) is 11.8 Å². The molecule has 1 aliphatic rings. The summed E-state index contributed by atoms with van der Waals surface area (Å²) in [4.78, 5) is 28.5. The van der Waals surface area contributed by atoms with Gasteiger partial charge in [0.15, 0.2) is 0 Å². The van der Waals surface area contributed by atoms with E-state index in [1.54, 1.807) is 12.0 Å². The van der Waals surface area contributed by atoms with E-state index in [0.717, 1.165) is 53.7 Å². The number of amides is 2. The summed E-state index contributed by atoms with van der Waals surface area (Å²) in [6.45, 7) is 6.43. The molecule has 1 N–H and O–H groups in total. The van der Waals surface area contributed by atoms with Gasteiger partial charge >= 0.3 is 0 Å². The molecular weight excluding hydrogens is 400 g/mol. The predicted molar refractivity (Wildman–Crippen MR) is 128 cm³/mol. The summed E-state index contributed by atoms with van der Waals surface area (Å²) in [5.41, 5.74) is 4.22. The zero-order valence-electron chi connectivity index (χ0n) is 19.8. The van der Waals surface area contributed by atoms with E-state index in [-0.39, 0.29) is 24.3 Å². The molecule has 5 nitrogen and oxygen atoms in total. The third-order valence-corrected chi connectivity index (χ3v) is 6.45. The zero-order valence-corrected chi connectivity index (χ0v) is 19.8. The van der Waals surface area contributed by atoms with Crippen molar-refractivity contribution in [1.29, 1.82) is 0 Å². The Hall–Kier alpha value is -2.82. The summed E-state index contributed by atoms with van der Waals surface area (Å²) >= 11 is 0. The normalized spacial score (nSPS) is 14.8. The van der Waals surface area contributed by atoms with Crippen molar-refractivity contribution in [1.82, 2.24) is 10.2 Å². The molecular formula is C27H36N2O3. The maximum absolute atomic E-state index is 13.6. The predicted octanol–water partition coefficient (Wildman–Crippen LogP) is 4.72. The highest BCUT2D eigenvalue weighted by molar-refractivity contribution is 5.88. The molecule has 0 bridgehead atoms. The average Bonchev–Trinajstić information content (AvgIpc) is 3.29. The van der Waals surface area contributed by atoms with Crippen molar-refractivity contribution >= 4 is 11.8 Å². The highest BCUT2D eigenvalue weighted by atomic mass is 16.5. The van der Waals surface area contributed by atoms with Crippen molar-refractivity contribution in [3.63, 3.8) is 0 Å². The summed E-state index contributed by atoms with van der Waals surface area (Å²) < 4.78 is 5.26. The Kier molecular flexibility index (Phi) is 8.32. The first-order chi connectivity index (χ1) is 15.4. The molecule has 2 amide bonds. The van der Waals surface area contributed by atoms with E-state index in [0.29, 0.717) is 13.0 Å². The van der Waals surface area contributed by atoms with E-state index in [9.17, 15) is 9.59 Å². The van der Waals surface area contributed by atoms with Gasteiger partial charge in [0.25, 0.3) is 0 Å². The molecule has 5 heteroatoms. The van der Waals surface area contributed by atoms with E-state index in [1.165, 1.54) is 0 Å². The first-order valence-corrected chi connectivity index (χ1v) is 11.7. The van der Waals surface area contributed by atoms with Crippen LogP contribution in [0.4, 0.5) is 0 Å². The Morgan fingerprint density at radius 3 is 2.41 bits per heavy atom. The van der Waals surface area contributed by atoms with E-state index in [1.807, 2.05) is 45.0 Å². The maximum Gasteiger partial charge on any atom is 0.243 e. The second-order valence-corrected chi connectivity index (χ2v) is 8.89. The molecule has 1 saturated carbocycles. The summed E-state index contributed by atoms with van der Waals surface area (Å²) in [6, 6.07) is 13.6. The summed E-state index contributed by atoms with van der Waals surface area (Å²) in [7, 11) is 1.63. The maximum atomic E-state index is 13.6. The van der Waals surface area contributed by atoms with Crippen molar-refractivity contribution < 1.29 is 14.3 Å². The van der Waals surface area contributed by atoms with Gasteiger partial charge in [0.1, 0.15) is 11.8 Å². The number of nitrogens with one attached hydrogen (secondary N) is 1. The van der Waals surface area contributed by atoms with Crippen LogP contribution in [0.25, 0.3) is 0 Å². The fraction of sp³-hybridized carbons (Fsp3) is 0.481. The molecule has 0 unspecified atom stereocenters. The van der Waals surface area contributed by atoms with Crippen molar-refractivity contribution in [3.05, 3.63) is 64.7 Å². The number of benzene rings is 2. The molecule has 0 aromatic heterocycles. The highest BCUT2D eigenvalue weighted by Gasteiger charge is 2.30. The Balaban J connectivity index is 1.84. The van der Waals surface area contributed by atoms with Gasteiger partial charge in [-0.2, -0.15) is 0 Å². The number of aryl methyl sites for hydroxylation is 2. The Labute approximate surface area is 192 Å². The lowest BCUT2D eigenvalue weighted by molar-refractivity contribution is -0.141. The number of ether oxygens (including phenoxy) is 1. The fourth-order valence-electron chi connectivity index (χ4n) is 4.47. The van der Waals surface area contributed by atoms with E-state index >= 15 is 0 Å². The first-order valence-electron chi connectivity index (χ1n) is 11.7. The molecule has 2 aromatic rings. The highest BCUT2D eigenvalue weighted by Crippen LogP contribution is 2.21. The van der Waals surface area contributed by atoms with Crippen LogP contribution in [-0.4, -0.2) is 35.9 Å². The van der Waals surface area contributed by atoms with Crippen molar-refractivity contribution in [2.75, 3.05) is 7.11 Å². The molecule has 0 aliphatic heterocycles. The molecule has 3 rings (SSSR count). The lowest BCUT2D eigenvalue weighted by Gasteiger charge is -2.32. The number of carbonyl (C=O) groups excluding carboxylic acids is 2. The molecule has 1 atom stereocenters. The van der Waals surface area contributed by atoms with Crippen molar-refractivity contribution in [3.8, 4) is 5.75 Å². The number of methoxy groups -OCH3 is 1. The van der Waals surface area contributed by atoms with Crippen LogP contribution < -0.4 is 10.1 Å². The fourth-order valence-corrected chi connectivity index (χ4v) is 4.47. The second-order valence-electron chi connectivity index (χ2n) is 8.89. The van der Waals surface area contributed by atoms with Gasteiger partial charge < -0.3 is 15.0 Å². The van der Waals surface area contributed by atoms with Crippen LogP contribution in [0.3, 0.4) is 0 Å². The third-order valence-electron chi connectivity index (χ3n) is 6.45. The van der Waals surface area contributed by atoms with Crippen molar-refractivity contribution in [2.45, 2.75) is 77.9 Å². The SMILES string of the molecule is CC[C@H](C(=O)NC1CCCC1)N(Cc1ccc(OC)cc1)C(=O)Cc1cc(C)ccc1C. The third kappa shape index (κ3) is 6.12. The molecule has 1 fully saturated rings. The Morgan fingerprint density at radius 1 is 1.09 bits per heavy atom. The lowest BCUT2D eigenvalue weighted by Crippen LogP contribution is -2.51. The molecule has 0 spiro atoms. The number of carbonyl (C=O) groups is 2. The van der Waals surface area contributed by atoms with Gasteiger partial charge in [-0.05, 0) is 61.9 Å².